The van der Waals surface area contributed by atoms with Crippen LogP contribution in [0.1, 0.15) is 79.9 Å². The van der Waals surface area contributed by atoms with Crippen molar-refractivity contribution in [3.63, 3.8) is 0 Å². The monoisotopic (exact) mass is 319 g/mol. The molecule has 0 aromatic heterocycles. The van der Waals surface area contributed by atoms with Gasteiger partial charge in [0.05, 0.1) is 6.10 Å². The molecular weight excluding hydrogens is 284 g/mol. The van der Waals surface area contributed by atoms with Gasteiger partial charge in [0.25, 0.3) is 0 Å². The van der Waals surface area contributed by atoms with Gasteiger partial charge >= 0.3 is 0 Å². The summed E-state index contributed by atoms with van der Waals surface area (Å²) >= 11 is 0. The van der Waals surface area contributed by atoms with E-state index in [-0.39, 0.29) is 22.9 Å². The van der Waals surface area contributed by atoms with E-state index in [9.17, 15) is 9.90 Å². The maximum Gasteiger partial charge on any atom is 0.133 e. The maximum atomic E-state index is 12.2. The largest absolute Gasteiger partial charge is 0.393 e. The van der Waals surface area contributed by atoms with Crippen LogP contribution in [-0.4, -0.2) is 17.0 Å². The highest BCUT2D eigenvalue weighted by Crippen LogP contribution is 2.67. The normalized spacial score (nSPS) is 59.5. The Morgan fingerprint density at radius 1 is 1.00 bits per heavy atom. The van der Waals surface area contributed by atoms with Crippen LogP contribution in [0, 0.1) is 40.4 Å². The van der Waals surface area contributed by atoms with Crippen LogP contribution < -0.4 is 0 Å². The second-order valence-corrected chi connectivity index (χ2v) is 9.62. The first-order valence-corrected chi connectivity index (χ1v) is 9.90. The molecule has 0 radical (unpaired) electrons. The van der Waals surface area contributed by atoms with Crippen LogP contribution in [-0.2, 0) is 4.79 Å². The van der Waals surface area contributed by atoms with Crippen molar-refractivity contribution in [1.82, 2.24) is 0 Å². The molecule has 4 rings (SSSR count). The summed E-state index contributed by atoms with van der Waals surface area (Å²) < 4.78 is 9.16. The van der Waals surface area contributed by atoms with Crippen molar-refractivity contribution in [2.75, 3.05) is 0 Å². The Kier molecular flexibility index (Phi) is 3.45. The van der Waals surface area contributed by atoms with Gasteiger partial charge in [-0.2, -0.15) is 0 Å². The Hall–Kier alpha value is -0.370. The minimum atomic E-state index is -0.432. The van der Waals surface area contributed by atoms with Crippen LogP contribution in [0.5, 0.6) is 0 Å². The molecule has 8 atom stereocenters. The summed E-state index contributed by atoms with van der Waals surface area (Å²) in [6.07, 6.45) is 9.02. The standard InChI is InChI=1S/C21H34O2/c1-13(22)17-6-7-18-16-5-4-14-12-15(23)8-10-20(14,2)19(16)9-11-21(17,18)3/h14-19,23H,4-12H2,1-3H3/t14-,15+,16+,17-,18+,19+,20+,21-/m1/s1/i14D. The highest BCUT2D eigenvalue weighted by atomic mass is 16.3. The summed E-state index contributed by atoms with van der Waals surface area (Å²) in [5, 5.41) is 10.2. The van der Waals surface area contributed by atoms with Crippen molar-refractivity contribution in [3.8, 4) is 0 Å². The topological polar surface area (TPSA) is 37.3 Å². The van der Waals surface area contributed by atoms with E-state index < -0.39 is 5.89 Å². The Bertz CT molecular complexity index is 548. The fourth-order valence-corrected chi connectivity index (χ4v) is 7.59. The molecule has 23 heavy (non-hydrogen) atoms. The average Bonchev–Trinajstić information content (AvgIpc) is 2.86. The minimum absolute atomic E-state index is 0.0603. The van der Waals surface area contributed by atoms with Crippen molar-refractivity contribution in [2.45, 2.75) is 84.7 Å². The Labute approximate surface area is 142 Å². The number of rotatable bonds is 1. The predicted octanol–water partition coefficient (Wildman–Crippen LogP) is 4.60. The molecule has 4 fully saturated rings. The van der Waals surface area contributed by atoms with Crippen LogP contribution in [0.25, 0.3) is 0 Å². The fourth-order valence-electron chi connectivity index (χ4n) is 7.59. The summed E-state index contributed by atoms with van der Waals surface area (Å²) in [7, 11) is 0. The summed E-state index contributed by atoms with van der Waals surface area (Å²) in [6.45, 7) is 6.55. The van der Waals surface area contributed by atoms with E-state index in [4.69, 9.17) is 1.37 Å². The number of carbonyl (C=O) groups excluding carboxylic acids is 1. The lowest BCUT2D eigenvalue weighted by Crippen LogP contribution is -2.54. The maximum absolute atomic E-state index is 12.2. The van der Waals surface area contributed by atoms with Gasteiger partial charge in [0.1, 0.15) is 5.78 Å². The zero-order valence-electron chi connectivity index (χ0n) is 16.1. The molecule has 4 aliphatic carbocycles. The zero-order chi connectivity index (χ0) is 17.3. The molecule has 2 nitrogen and oxygen atoms in total. The van der Waals surface area contributed by atoms with Crippen molar-refractivity contribution in [2.24, 2.45) is 40.4 Å². The lowest BCUT2D eigenvalue weighted by molar-refractivity contribution is -0.138. The van der Waals surface area contributed by atoms with Gasteiger partial charge in [-0.3, -0.25) is 4.79 Å². The SMILES string of the molecule is [2H][C@]12CC[C@H]3[C@@H]4CC[C@H](C(C)=O)[C@@]4(C)CC[C@@H]3[C@@]1(C)CC[C@H](O)C2. The van der Waals surface area contributed by atoms with Crippen LogP contribution in [0.4, 0.5) is 0 Å². The van der Waals surface area contributed by atoms with Crippen molar-refractivity contribution < 1.29 is 11.3 Å². The van der Waals surface area contributed by atoms with E-state index in [2.05, 4.69) is 13.8 Å². The molecule has 0 aromatic carbocycles. The third-order valence-electron chi connectivity index (χ3n) is 8.81. The number of aliphatic hydroxyl groups is 1. The number of carbonyl (C=O) groups is 1. The first-order valence-electron chi connectivity index (χ1n) is 10.4. The van der Waals surface area contributed by atoms with E-state index in [1.165, 1.54) is 12.8 Å². The predicted molar refractivity (Wildman–Crippen MR) is 91.9 cm³/mol. The first kappa shape index (κ1) is 14.9. The molecule has 0 unspecified atom stereocenters. The second kappa shape index (κ2) is 5.31. The van der Waals surface area contributed by atoms with Gasteiger partial charge in [0, 0.05) is 7.29 Å². The fraction of sp³-hybridized carbons (Fsp3) is 0.952. The molecule has 0 heterocycles. The van der Waals surface area contributed by atoms with Gasteiger partial charge in [0.15, 0.2) is 0 Å². The molecule has 0 amide bonds. The highest BCUT2D eigenvalue weighted by molar-refractivity contribution is 5.79. The molecule has 0 saturated heterocycles. The third kappa shape index (κ3) is 2.19. The van der Waals surface area contributed by atoms with E-state index in [1.54, 1.807) is 6.92 Å². The molecule has 0 aromatic rings. The molecule has 0 spiro atoms. The van der Waals surface area contributed by atoms with Gasteiger partial charge in [-0.1, -0.05) is 13.8 Å². The lowest BCUT2D eigenvalue weighted by atomic mass is 9.44. The number of ketones is 1. The minimum Gasteiger partial charge on any atom is -0.393 e. The van der Waals surface area contributed by atoms with Crippen LogP contribution in [0.3, 0.4) is 0 Å². The number of aliphatic hydroxyl groups excluding tert-OH is 1. The number of fused-ring (bicyclic) bond motifs is 5. The molecule has 0 aliphatic heterocycles. The molecule has 130 valence electrons. The summed E-state index contributed by atoms with van der Waals surface area (Å²) in [6, 6.07) is 0. The number of Topliss-reactive ketones (excluding diaryl/α,β-unsaturated/α-hetero) is 1. The van der Waals surface area contributed by atoms with E-state index >= 15 is 0 Å². The zero-order valence-corrected chi connectivity index (χ0v) is 15.1. The van der Waals surface area contributed by atoms with Gasteiger partial charge in [0.2, 0.25) is 0 Å². The van der Waals surface area contributed by atoms with E-state index in [0.29, 0.717) is 30.0 Å². The summed E-state index contributed by atoms with van der Waals surface area (Å²) in [5.74, 6) is 2.24. The average molecular weight is 320 g/mol. The smallest absolute Gasteiger partial charge is 0.133 e. The highest BCUT2D eigenvalue weighted by Gasteiger charge is 2.60. The van der Waals surface area contributed by atoms with Crippen molar-refractivity contribution in [3.05, 3.63) is 0 Å². The molecule has 1 N–H and O–H groups in total. The number of hydrogen-bond donors (Lipinski definition) is 1. The first-order chi connectivity index (χ1) is 11.2. The van der Waals surface area contributed by atoms with E-state index in [1.807, 2.05) is 0 Å². The van der Waals surface area contributed by atoms with Crippen LogP contribution >= 0.6 is 0 Å². The number of hydrogen-bond acceptors (Lipinski definition) is 2. The third-order valence-corrected chi connectivity index (χ3v) is 8.81. The molecule has 4 aliphatic rings. The summed E-state index contributed by atoms with van der Waals surface area (Å²) in [4.78, 5) is 12.2. The van der Waals surface area contributed by atoms with Crippen molar-refractivity contribution >= 4 is 5.78 Å². The van der Waals surface area contributed by atoms with Crippen LogP contribution in [0.15, 0.2) is 0 Å². The van der Waals surface area contributed by atoms with Crippen molar-refractivity contribution in [1.29, 1.82) is 0 Å². The van der Waals surface area contributed by atoms with Gasteiger partial charge in [-0.15, -0.1) is 0 Å². The lowest BCUT2D eigenvalue weighted by Gasteiger charge is -2.60. The quantitative estimate of drug-likeness (QED) is 0.767. The molecule has 2 heteroatoms. The molecule has 0 bridgehead atoms. The van der Waals surface area contributed by atoms with Gasteiger partial charge in [-0.25, -0.2) is 0 Å². The molecule has 4 saturated carbocycles. The Morgan fingerprint density at radius 3 is 2.43 bits per heavy atom. The summed E-state index contributed by atoms with van der Waals surface area (Å²) in [5.41, 5.74) is 0.268. The van der Waals surface area contributed by atoms with Gasteiger partial charge in [-0.05, 0) is 99.2 Å². The molecular formula is C21H34O2. The van der Waals surface area contributed by atoms with Gasteiger partial charge < -0.3 is 5.11 Å². The van der Waals surface area contributed by atoms with E-state index in [0.717, 1.165) is 38.5 Å². The Morgan fingerprint density at radius 2 is 1.70 bits per heavy atom. The second-order valence-electron chi connectivity index (χ2n) is 9.62. The Balaban J connectivity index is 1.65. The van der Waals surface area contributed by atoms with Crippen LogP contribution in [0.2, 0.25) is 0 Å².